The Bertz CT molecular complexity index is 596. The quantitative estimate of drug-likeness (QED) is 0.470. The molecule has 0 bridgehead atoms. The van der Waals surface area contributed by atoms with Gasteiger partial charge in [-0.3, -0.25) is 9.59 Å². The summed E-state index contributed by atoms with van der Waals surface area (Å²) in [6.07, 6.45) is 3.87. The molecule has 3 rings (SSSR count). The van der Waals surface area contributed by atoms with Gasteiger partial charge in [0.05, 0.1) is 6.10 Å². The van der Waals surface area contributed by atoms with Crippen molar-refractivity contribution in [2.45, 2.75) is 38.1 Å². The van der Waals surface area contributed by atoms with Crippen molar-refractivity contribution in [3.8, 4) is 0 Å². The van der Waals surface area contributed by atoms with Crippen molar-refractivity contribution in [2.24, 2.45) is 11.7 Å². The normalized spacial score (nSPS) is 23.8. The fourth-order valence-electron chi connectivity index (χ4n) is 2.75. The second-order valence-electron chi connectivity index (χ2n) is 5.66. The van der Waals surface area contributed by atoms with Gasteiger partial charge in [0.2, 0.25) is 6.29 Å². The molecule has 0 amide bonds. The molecule has 0 saturated carbocycles. The van der Waals surface area contributed by atoms with Crippen molar-refractivity contribution < 1.29 is 19.1 Å². The third kappa shape index (κ3) is 3.20. The van der Waals surface area contributed by atoms with E-state index in [4.69, 9.17) is 15.2 Å². The number of carbonyl (C=O) groups excluding carboxylic acids is 2. The Labute approximate surface area is 129 Å². The Balaban J connectivity index is 1.48. The lowest BCUT2D eigenvalue weighted by Gasteiger charge is -2.11. The minimum absolute atomic E-state index is 0.0682. The van der Waals surface area contributed by atoms with E-state index in [1.807, 2.05) is 30.3 Å². The van der Waals surface area contributed by atoms with Gasteiger partial charge in [0, 0.05) is 5.70 Å². The topological polar surface area (TPSA) is 81.9 Å². The fraction of sp³-hybridized carbons (Fsp3) is 0.412. The summed E-state index contributed by atoms with van der Waals surface area (Å²) in [6, 6.07) is 9.36. The molecule has 2 N–H and O–H groups in total. The molecule has 1 radical (unpaired) electrons. The summed E-state index contributed by atoms with van der Waals surface area (Å²) in [5.74, 6) is -1.39. The lowest BCUT2D eigenvalue weighted by molar-refractivity contribution is -0.147. The van der Waals surface area contributed by atoms with E-state index in [0.717, 1.165) is 23.3 Å². The second kappa shape index (κ2) is 6.32. The van der Waals surface area contributed by atoms with Gasteiger partial charge in [0.15, 0.2) is 0 Å². The molecule has 0 spiro atoms. The Hall–Kier alpha value is -2.14. The van der Waals surface area contributed by atoms with Gasteiger partial charge in [-0.2, -0.15) is 0 Å². The van der Waals surface area contributed by atoms with Crippen LogP contribution in [0.1, 0.15) is 24.8 Å². The van der Waals surface area contributed by atoms with E-state index in [2.05, 4.69) is 0 Å². The molecule has 3 atom stereocenters. The van der Waals surface area contributed by atoms with Gasteiger partial charge in [-0.1, -0.05) is 30.3 Å². The highest BCUT2D eigenvalue weighted by Crippen LogP contribution is 2.42. The van der Waals surface area contributed by atoms with Crippen LogP contribution in [0.15, 0.2) is 41.6 Å². The lowest BCUT2D eigenvalue weighted by Crippen LogP contribution is -2.19. The molecule has 1 aromatic carbocycles. The summed E-state index contributed by atoms with van der Waals surface area (Å²) >= 11 is 0. The maximum absolute atomic E-state index is 12.0. The predicted octanol–water partition coefficient (Wildman–Crippen LogP) is 1.62. The van der Waals surface area contributed by atoms with Crippen LogP contribution in [0.25, 0.3) is 0 Å². The number of ether oxygens (including phenoxy) is 2. The van der Waals surface area contributed by atoms with E-state index in [1.165, 1.54) is 0 Å². The molecule has 0 aromatic heterocycles. The van der Waals surface area contributed by atoms with Crippen molar-refractivity contribution >= 4 is 12.3 Å². The largest absolute Gasteiger partial charge is 0.460 e. The molecule has 1 aliphatic heterocycles. The van der Waals surface area contributed by atoms with E-state index in [0.29, 0.717) is 12.8 Å². The molecule has 1 fully saturated rings. The van der Waals surface area contributed by atoms with E-state index in [1.54, 1.807) is 6.29 Å². The van der Waals surface area contributed by atoms with Crippen LogP contribution >= 0.6 is 0 Å². The molecule has 1 aliphatic carbocycles. The lowest BCUT2D eigenvalue weighted by atomic mass is 9.99. The number of epoxide rings is 1. The first kappa shape index (κ1) is 14.8. The van der Waals surface area contributed by atoms with Gasteiger partial charge < -0.3 is 15.2 Å². The molecule has 3 unspecified atom stereocenters. The predicted molar refractivity (Wildman–Crippen MR) is 79.1 cm³/mol. The first-order valence-corrected chi connectivity index (χ1v) is 7.40. The van der Waals surface area contributed by atoms with Gasteiger partial charge in [-0.15, -0.1) is 0 Å². The zero-order valence-electron chi connectivity index (χ0n) is 12.2. The van der Waals surface area contributed by atoms with Crippen LogP contribution in [0.2, 0.25) is 0 Å². The third-order valence-electron chi connectivity index (χ3n) is 4.13. The van der Waals surface area contributed by atoms with Crippen molar-refractivity contribution in [1.29, 1.82) is 0 Å². The molecule has 5 nitrogen and oxygen atoms in total. The molecule has 5 heteroatoms. The summed E-state index contributed by atoms with van der Waals surface area (Å²) < 4.78 is 10.5. The second-order valence-corrected chi connectivity index (χ2v) is 5.66. The molecule has 1 saturated heterocycles. The van der Waals surface area contributed by atoms with Gasteiger partial charge >= 0.3 is 5.97 Å². The van der Waals surface area contributed by atoms with Gasteiger partial charge in [0.1, 0.15) is 18.6 Å². The van der Waals surface area contributed by atoms with Crippen LogP contribution in [-0.4, -0.2) is 24.5 Å². The number of benzene rings is 1. The molecule has 115 valence electrons. The molecular formula is C17H18NO4. The van der Waals surface area contributed by atoms with Crippen molar-refractivity contribution in [2.75, 3.05) is 0 Å². The monoisotopic (exact) mass is 300 g/mol. The van der Waals surface area contributed by atoms with E-state index in [-0.39, 0.29) is 18.8 Å². The Morgan fingerprint density at radius 1 is 1.41 bits per heavy atom. The average Bonchev–Trinajstić information content (AvgIpc) is 3.25. The number of nitrogens with two attached hydrogens (primary N) is 1. The van der Waals surface area contributed by atoms with Gasteiger partial charge in [-0.05, 0) is 30.4 Å². The number of rotatable bonds is 7. The maximum Gasteiger partial charge on any atom is 0.317 e. The van der Waals surface area contributed by atoms with Gasteiger partial charge in [-0.25, -0.2) is 0 Å². The minimum atomic E-state index is -0.859. The highest BCUT2D eigenvalue weighted by atomic mass is 16.6. The summed E-state index contributed by atoms with van der Waals surface area (Å²) in [6.45, 7) is 0.167. The van der Waals surface area contributed by atoms with Crippen LogP contribution in [0.5, 0.6) is 0 Å². The van der Waals surface area contributed by atoms with Crippen molar-refractivity contribution in [3.63, 3.8) is 0 Å². The van der Waals surface area contributed by atoms with Crippen LogP contribution in [-0.2, 0) is 25.7 Å². The average molecular weight is 300 g/mol. The Kier molecular flexibility index (Phi) is 4.24. The van der Waals surface area contributed by atoms with Crippen LogP contribution in [0, 0.1) is 5.92 Å². The Morgan fingerprint density at radius 3 is 2.82 bits per heavy atom. The van der Waals surface area contributed by atoms with E-state index in [9.17, 15) is 9.59 Å². The smallest absolute Gasteiger partial charge is 0.317 e. The summed E-state index contributed by atoms with van der Waals surface area (Å²) in [5.41, 5.74) is 8.70. The number of hydrogen-bond acceptors (Lipinski definition) is 5. The summed E-state index contributed by atoms with van der Waals surface area (Å²) in [4.78, 5) is 23.0. The van der Waals surface area contributed by atoms with E-state index < -0.39 is 11.9 Å². The van der Waals surface area contributed by atoms with Gasteiger partial charge in [0.25, 0.3) is 0 Å². The number of hydrogen-bond donors (Lipinski definition) is 1. The zero-order chi connectivity index (χ0) is 15.5. The number of fused-ring (bicyclic) bond motifs is 1. The minimum Gasteiger partial charge on any atom is -0.460 e. The molecule has 22 heavy (non-hydrogen) atoms. The standard InChI is InChI=1S/C17H18NO4/c18-15-12(8-14-16(15)22-14)6-7-13(9-19)17(20)21-10-11-4-2-1-3-5-11/h1-5,13-14,16H,6-8,10,18H2. The van der Waals surface area contributed by atoms with Crippen LogP contribution < -0.4 is 5.73 Å². The highest BCUT2D eigenvalue weighted by molar-refractivity contribution is 5.87. The van der Waals surface area contributed by atoms with Crippen LogP contribution in [0.3, 0.4) is 0 Å². The van der Waals surface area contributed by atoms with Crippen LogP contribution in [0.4, 0.5) is 0 Å². The number of esters is 1. The molecule has 1 aromatic rings. The first-order valence-electron chi connectivity index (χ1n) is 7.40. The maximum atomic E-state index is 12.0. The molecule has 1 heterocycles. The fourth-order valence-corrected chi connectivity index (χ4v) is 2.75. The Morgan fingerprint density at radius 2 is 2.18 bits per heavy atom. The summed E-state index contributed by atoms with van der Waals surface area (Å²) in [7, 11) is 0. The zero-order valence-corrected chi connectivity index (χ0v) is 12.2. The molecular weight excluding hydrogens is 282 g/mol. The number of carbonyl (C=O) groups is 1. The van der Waals surface area contributed by atoms with E-state index >= 15 is 0 Å². The SMILES string of the molecule is NC1=C(CCC([C]=O)C(=O)OCc2ccccc2)CC2OC12. The first-order chi connectivity index (χ1) is 10.7. The molecule has 2 aliphatic rings. The third-order valence-corrected chi connectivity index (χ3v) is 4.13. The summed E-state index contributed by atoms with van der Waals surface area (Å²) in [5, 5.41) is 0. The highest BCUT2D eigenvalue weighted by Gasteiger charge is 2.47. The van der Waals surface area contributed by atoms with Crippen molar-refractivity contribution in [1.82, 2.24) is 0 Å². The van der Waals surface area contributed by atoms with Crippen molar-refractivity contribution in [3.05, 3.63) is 47.2 Å².